The normalized spacial score (nSPS) is 11.5. The van der Waals surface area contributed by atoms with Gasteiger partial charge in [0.1, 0.15) is 5.40 Å². The summed E-state index contributed by atoms with van der Waals surface area (Å²) in [5.41, 5.74) is 0. The highest BCUT2D eigenvalue weighted by Gasteiger charge is 2.05. The molecule has 0 saturated heterocycles. The van der Waals surface area contributed by atoms with Crippen LogP contribution in [0.4, 0.5) is 0 Å². The zero-order chi connectivity index (χ0) is 12.2. The van der Waals surface area contributed by atoms with Gasteiger partial charge in [0, 0.05) is 11.8 Å². The van der Waals surface area contributed by atoms with E-state index in [-0.39, 0.29) is 5.91 Å². The van der Waals surface area contributed by atoms with Crippen LogP contribution >= 0.6 is 11.8 Å². The zero-order valence-electron chi connectivity index (χ0n) is 9.87. The maximum absolute atomic E-state index is 10.8. The summed E-state index contributed by atoms with van der Waals surface area (Å²) in [4.78, 5) is 10.8. The standard InChI is InChI=1S/C12H20N2OS/c1-3-11(16-10-13)8-6-5-7-9-14-12(15)4-2/h4,11H,2-3,5-9H2,1H3,(H,14,15). The summed E-state index contributed by atoms with van der Waals surface area (Å²) in [6.07, 6.45) is 6.64. The summed E-state index contributed by atoms with van der Waals surface area (Å²) in [7, 11) is 0. The molecule has 0 aliphatic rings. The Morgan fingerprint density at radius 2 is 2.31 bits per heavy atom. The van der Waals surface area contributed by atoms with Crippen LogP contribution < -0.4 is 5.32 Å². The number of hydrogen-bond donors (Lipinski definition) is 1. The molecule has 0 fully saturated rings. The van der Waals surface area contributed by atoms with Crippen LogP contribution in [0.25, 0.3) is 0 Å². The summed E-state index contributed by atoms with van der Waals surface area (Å²) in [6.45, 7) is 6.21. The van der Waals surface area contributed by atoms with E-state index in [0.29, 0.717) is 11.8 Å². The predicted molar refractivity (Wildman–Crippen MR) is 69.0 cm³/mol. The van der Waals surface area contributed by atoms with E-state index in [1.54, 1.807) is 0 Å². The third-order valence-corrected chi connectivity index (χ3v) is 3.37. The predicted octanol–water partition coefficient (Wildman–Crippen LogP) is 2.84. The smallest absolute Gasteiger partial charge is 0.243 e. The summed E-state index contributed by atoms with van der Waals surface area (Å²) >= 11 is 1.37. The molecule has 16 heavy (non-hydrogen) atoms. The van der Waals surface area contributed by atoms with Crippen molar-refractivity contribution in [2.24, 2.45) is 0 Å². The minimum Gasteiger partial charge on any atom is -0.353 e. The summed E-state index contributed by atoms with van der Waals surface area (Å²) < 4.78 is 0. The van der Waals surface area contributed by atoms with Gasteiger partial charge in [-0.2, -0.15) is 5.26 Å². The van der Waals surface area contributed by atoms with Crippen molar-refractivity contribution in [2.75, 3.05) is 6.54 Å². The van der Waals surface area contributed by atoms with E-state index in [2.05, 4.69) is 24.2 Å². The van der Waals surface area contributed by atoms with Crippen molar-refractivity contribution < 1.29 is 4.79 Å². The Kier molecular flexibility index (Phi) is 9.94. The van der Waals surface area contributed by atoms with Crippen molar-refractivity contribution in [1.29, 1.82) is 5.26 Å². The molecule has 90 valence electrons. The van der Waals surface area contributed by atoms with E-state index in [9.17, 15) is 4.79 Å². The molecule has 1 amide bonds. The van der Waals surface area contributed by atoms with Crippen LogP contribution in [0.5, 0.6) is 0 Å². The Morgan fingerprint density at radius 1 is 1.56 bits per heavy atom. The molecule has 0 spiro atoms. The number of amides is 1. The van der Waals surface area contributed by atoms with Gasteiger partial charge in [-0.3, -0.25) is 4.79 Å². The van der Waals surface area contributed by atoms with E-state index in [1.807, 2.05) is 0 Å². The van der Waals surface area contributed by atoms with Crippen molar-refractivity contribution in [3.05, 3.63) is 12.7 Å². The molecule has 4 heteroatoms. The fourth-order valence-corrected chi connectivity index (χ4v) is 1.98. The molecule has 0 aromatic rings. The number of carbonyl (C=O) groups is 1. The molecule has 0 bridgehead atoms. The number of carbonyl (C=O) groups excluding carboxylic acids is 1. The second kappa shape index (κ2) is 10.6. The van der Waals surface area contributed by atoms with E-state index in [0.717, 1.165) is 32.1 Å². The maximum Gasteiger partial charge on any atom is 0.243 e. The highest BCUT2D eigenvalue weighted by molar-refractivity contribution is 8.04. The molecular weight excluding hydrogens is 220 g/mol. The largest absolute Gasteiger partial charge is 0.353 e. The molecule has 0 radical (unpaired) electrons. The number of nitriles is 1. The first-order valence-corrected chi connectivity index (χ1v) is 6.57. The van der Waals surface area contributed by atoms with Crippen molar-refractivity contribution in [2.45, 2.75) is 44.3 Å². The molecule has 0 rings (SSSR count). The molecule has 0 saturated carbocycles. The van der Waals surface area contributed by atoms with Crippen molar-refractivity contribution in [1.82, 2.24) is 5.32 Å². The Balaban J connectivity index is 3.35. The number of thiocyanates is 1. The SMILES string of the molecule is C=CC(=O)NCCCCCC(CC)SC#N. The lowest BCUT2D eigenvalue weighted by molar-refractivity contribution is -0.116. The first-order valence-electron chi connectivity index (χ1n) is 5.69. The second-order valence-electron chi connectivity index (χ2n) is 3.58. The van der Waals surface area contributed by atoms with Crippen molar-refractivity contribution in [3.63, 3.8) is 0 Å². The van der Waals surface area contributed by atoms with Crippen LogP contribution in [-0.4, -0.2) is 17.7 Å². The average Bonchev–Trinajstić information content (AvgIpc) is 2.31. The number of rotatable bonds is 9. The van der Waals surface area contributed by atoms with Crippen LogP contribution in [0.15, 0.2) is 12.7 Å². The highest BCUT2D eigenvalue weighted by Crippen LogP contribution is 2.19. The fraction of sp³-hybridized carbons (Fsp3) is 0.667. The number of hydrogen-bond acceptors (Lipinski definition) is 3. The van der Waals surface area contributed by atoms with Gasteiger partial charge >= 0.3 is 0 Å². The minimum atomic E-state index is -0.105. The van der Waals surface area contributed by atoms with Crippen LogP contribution in [0.1, 0.15) is 39.0 Å². The number of nitrogens with zero attached hydrogens (tertiary/aromatic N) is 1. The molecule has 1 unspecified atom stereocenters. The highest BCUT2D eigenvalue weighted by atomic mass is 32.2. The van der Waals surface area contributed by atoms with Gasteiger partial charge in [-0.15, -0.1) is 0 Å². The quantitative estimate of drug-likeness (QED) is 0.383. The molecule has 0 aliphatic carbocycles. The van der Waals surface area contributed by atoms with E-state index < -0.39 is 0 Å². The lowest BCUT2D eigenvalue weighted by atomic mass is 10.1. The van der Waals surface area contributed by atoms with Gasteiger partial charge < -0.3 is 5.32 Å². The van der Waals surface area contributed by atoms with Crippen LogP contribution in [0, 0.1) is 10.7 Å². The number of nitrogens with one attached hydrogen (secondary N) is 1. The molecular formula is C12H20N2OS. The van der Waals surface area contributed by atoms with Gasteiger partial charge in [0.05, 0.1) is 0 Å². The Bertz CT molecular complexity index is 248. The Labute approximate surface area is 102 Å². The molecule has 3 nitrogen and oxygen atoms in total. The minimum absolute atomic E-state index is 0.105. The second-order valence-corrected chi connectivity index (χ2v) is 4.67. The van der Waals surface area contributed by atoms with E-state index >= 15 is 0 Å². The third kappa shape index (κ3) is 8.37. The monoisotopic (exact) mass is 240 g/mol. The van der Waals surface area contributed by atoms with Gasteiger partial charge in [-0.25, -0.2) is 0 Å². The first kappa shape index (κ1) is 15.0. The molecule has 1 N–H and O–H groups in total. The van der Waals surface area contributed by atoms with Crippen molar-refractivity contribution >= 4 is 17.7 Å². The maximum atomic E-state index is 10.8. The fourth-order valence-electron chi connectivity index (χ4n) is 1.38. The van der Waals surface area contributed by atoms with Crippen LogP contribution in [-0.2, 0) is 4.79 Å². The molecule has 0 aromatic heterocycles. The lowest BCUT2D eigenvalue weighted by Crippen LogP contribution is -2.21. The molecule has 0 aliphatic heterocycles. The topological polar surface area (TPSA) is 52.9 Å². The Morgan fingerprint density at radius 3 is 2.88 bits per heavy atom. The van der Waals surface area contributed by atoms with Gasteiger partial charge in [0.25, 0.3) is 0 Å². The summed E-state index contributed by atoms with van der Waals surface area (Å²) in [6, 6.07) is 0. The summed E-state index contributed by atoms with van der Waals surface area (Å²) in [5, 5.41) is 13.9. The molecule has 1 atom stereocenters. The van der Waals surface area contributed by atoms with E-state index in [4.69, 9.17) is 5.26 Å². The average molecular weight is 240 g/mol. The molecule has 0 aromatic carbocycles. The Hall–Kier alpha value is -0.950. The van der Waals surface area contributed by atoms with Gasteiger partial charge in [-0.05, 0) is 37.1 Å². The summed E-state index contributed by atoms with van der Waals surface area (Å²) in [5.74, 6) is -0.105. The van der Waals surface area contributed by atoms with E-state index in [1.165, 1.54) is 17.8 Å². The number of unbranched alkanes of at least 4 members (excludes halogenated alkanes) is 2. The first-order chi connectivity index (χ1) is 7.74. The lowest BCUT2D eigenvalue weighted by Gasteiger charge is -2.09. The molecule has 0 heterocycles. The van der Waals surface area contributed by atoms with Crippen LogP contribution in [0.3, 0.4) is 0 Å². The van der Waals surface area contributed by atoms with Crippen LogP contribution in [0.2, 0.25) is 0 Å². The zero-order valence-corrected chi connectivity index (χ0v) is 10.7. The van der Waals surface area contributed by atoms with Gasteiger partial charge in [0.2, 0.25) is 5.91 Å². The van der Waals surface area contributed by atoms with Gasteiger partial charge in [-0.1, -0.05) is 26.3 Å². The third-order valence-electron chi connectivity index (χ3n) is 2.36. The van der Waals surface area contributed by atoms with Crippen molar-refractivity contribution in [3.8, 4) is 5.40 Å². The number of thioether (sulfide) groups is 1. The van der Waals surface area contributed by atoms with Gasteiger partial charge in [0.15, 0.2) is 0 Å².